The Balaban J connectivity index is 2.04. The normalized spacial score (nSPS) is 16.7. The van der Waals surface area contributed by atoms with Gasteiger partial charge in [-0.05, 0) is 38.3 Å². The van der Waals surface area contributed by atoms with Crippen LogP contribution >= 0.6 is 11.6 Å². The van der Waals surface area contributed by atoms with Crippen LogP contribution < -0.4 is 10.3 Å². The fourth-order valence-electron chi connectivity index (χ4n) is 3.13. The SMILES string of the molecule is Cc1[nH]c2c(Cl)cccc2c(=O)c1C[NH+]1CCCCC1. The molecule has 0 spiro atoms. The number of aryl methyl sites for hydroxylation is 1. The summed E-state index contributed by atoms with van der Waals surface area (Å²) in [5, 5.41) is 1.31. The molecule has 0 unspecified atom stereocenters. The molecule has 0 bridgehead atoms. The van der Waals surface area contributed by atoms with Crippen molar-refractivity contribution in [1.82, 2.24) is 4.98 Å². The van der Waals surface area contributed by atoms with Crippen LogP contribution in [0.2, 0.25) is 5.02 Å². The number of piperidine rings is 1. The lowest BCUT2D eigenvalue weighted by Crippen LogP contribution is -3.11. The summed E-state index contributed by atoms with van der Waals surface area (Å²) in [6.45, 7) is 5.14. The largest absolute Gasteiger partial charge is 0.357 e. The summed E-state index contributed by atoms with van der Waals surface area (Å²) in [4.78, 5) is 17.5. The number of rotatable bonds is 2. The van der Waals surface area contributed by atoms with Crippen LogP contribution in [0.1, 0.15) is 30.5 Å². The summed E-state index contributed by atoms with van der Waals surface area (Å²) in [5.74, 6) is 0. The van der Waals surface area contributed by atoms with E-state index in [1.807, 2.05) is 25.1 Å². The van der Waals surface area contributed by atoms with Gasteiger partial charge in [-0.2, -0.15) is 0 Å². The highest BCUT2D eigenvalue weighted by Crippen LogP contribution is 2.20. The average Bonchev–Trinajstić information content (AvgIpc) is 2.46. The fraction of sp³-hybridized carbons (Fsp3) is 0.438. The Morgan fingerprint density at radius 1 is 1.25 bits per heavy atom. The number of pyridine rings is 1. The Labute approximate surface area is 123 Å². The van der Waals surface area contributed by atoms with E-state index in [4.69, 9.17) is 11.6 Å². The molecule has 2 heterocycles. The third kappa shape index (κ3) is 2.48. The molecule has 3 rings (SSSR count). The van der Waals surface area contributed by atoms with E-state index in [2.05, 4.69) is 4.98 Å². The van der Waals surface area contributed by atoms with Gasteiger partial charge in [0.25, 0.3) is 0 Å². The molecule has 0 aliphatic carbocycles. The van der Waals surface area contributed by atoms with E-state index >= 15 is 0 Å². The van der Waals surface area contributed by atoms with Crippen molar-refractivity contribution in [2.75, 3.05) is 13.1 Å². The molecule has 0 saturated carbocycles. The summed E-state index contributed by atoms with van der Waals surface area (Å²) in [5.41, 5.74) is 2.76. The monoisotopic (exact) mass is 291 g/mol. The highest BCUT2D eigenvalue weighted by Gasteiger charge is 2.18. The Morgan fingerprint density at radius 3 is 2.75 bits per heavy atom. The number of fused-ring (bicyclic) bond motifs is 1. The first kappa shape index (κ1) is 13.7. The molecule has 2 aromatic rings. The second-order valence-corrected chi connectivity index (χ2v) is 6.11. The van der Waals surface area contributed by atoms with E-state index in [0.717, 1.165) is 23.3 Å². The molecule has 4 heteroatoms. The first-order valence-electron chi connectivity index (χ1n) is 7.30. The van der Waals surface area contributed by atoms with Crippen LogP contribution in [0.5, 0.6) is 0 Å². The quantitative estimate of drug-likeness (QED) is 0.873. The van der Waals surface area contributed by atoms with Crippen molar-refractivity contribution in [1.29, 1.82) is 0 Å². The summed E-state index contributed by atoms with van der Waals surface area (Å²) >= 11 is 6.17. The van der Waals surface area contributed by atoms with Gasteiger partial charge < -0.3 is 9.88 Å². The molecular formula is C16H20ClN2O+. The Morgan fingerprint density at radius 2 is 2.00 bits per heavy atom. The van der Waals surface area contributed by atoms with Crippen molar-refractivity contribution in [3.8, 4) is 0 Å². The zero-order valence-corrected chi connectivity index (χ0v) is 12.5. The third-order valence-corrected chi connectivity index (χ3v) is 4.60. The van der Waals surface area contributed by atoms with Crippen LogP contribution in [0.4, 0.5) is 0 Å². The van der Waals surface area contributed by atoms with Crippen molar-refractivity contribution in [2.24, 2.45) is 0 Å². The first-order valence-corrected chi connectivity index (χ1v) is 7.68. The number of H-pyrrole nitrogens is 1. The van der Waals surface area contributed by atoms with Crippen molar-refractivity contribution in [3.63, 3.8) is 0 Å². The maximum Gasteiger partial charge on any atom is 0.198 e. The summed E-state index contributed by atoms with van der Waals surface area (Å²) in [6, 6.07) is 5.51. The van der Waals surface area contributed by atoms with Crippen molar-refractivity contribution < 1.29 is 4.90 Å². The van der Waals surface area contributed by atoms with Crippen LogP contribution in [0.3, 0.4) is 0 Å². The minimum absolute atomic E-state index is 0.136. The number of nitrogens with one attached hydrogen (secondary N) is 2. The van der Waals surface area contributed by atoms with Gasteiger partial charge >= 0.3 is 0 Å². The molecule has 1 fully saturated rings. The molecule has 106 valence electrons. The van der Waals surface area contributed by atoms with Crippen molar-refractivity contribution in [2.45, 2.75) is 32.7 Å². The van der Waals surface area contributed by atoms with Gasteiger partial charge in [0.2, 0.25) is 0 Å². The molecule has 0 radical (unpaired) electrons. The van der Waals surface area contributed by atoms with Crippen LogP contribution in [0.15, 0.2) is 23.0 Å². The van der Waals surface area contributed by atoms with Crippen molar-refractivity contribution in [3.05, 3.63) is 44.7 Å². The van der Waals surface area contributed by atoms with Gasteiger partial charge in [0.05, 0.1) is 29.2 Å². The van der Waals surface area contributed by atoms with Gasteiger partial charge in [0.1, 0.15) is 6.54 Å². The lowest BCUT2D eigenvalue weighted by molar-refractivity contribution is -0.918. The van der Waals surface area contributed by atoms with Gasteiger partial charge in [-0.15, -0.1) is 0 Å². The third-order valence-electron chi connectivity index (χ3n) is 4.28. The molecule has 3 nitrogen and oxygen atoms in total. The van der Waals surface area contributed by atoms with Gasteiger partial charge in [0, 0.05) is 11.1 Å². The number of benzene rings is 1. The Bertz CT molecular complexity index is 687. The number of likely N-dealkylation sites (tertiary alicyclic amines) is 1. The Kier molecular flexibility index (Phi) is 3.81. The Hall–Kier alpha value is -1.32. The topological polar surface area (TPSA) is 37.3 Å². The molecule has 0 amide bonds. The standard InChI is InChI=1S/C16H19ClN2O/c1-11-13(10-19-8-3-2-4-9-19)16(20)12-6-5-7-14(17)15(12)18-11/h5-7H,2-4,8-10H2,1H3,(H,18,20)/p+1. The van der Waals surface area contributed by atoms with Gasteiger partial charge in [-0.3, -0.25) is 4.79 Å². The maximum atomic E-state index is 12.7. The van der Waals surface area contributed by atoms with Crippen LogP contribution in [0, 0.1) is 6.92 Å². The minimum atomic E-state index is 0.136. The molecule has 1 saturated heterocycles. The number of hydrogen-bond donors (Lipinski definition) is 2. The van der Waals surface area contributed by atoms with E-state index < -0.39 is 0 Å². The van der Waals surface area contributed by atoms with Gasteiger partial charge in [-0.25, -0.2) is 0 Å². The first-order chi connectivity index (χ1) is 9.66. The predicted octanol–water partition coefficient (Wildman–Crippen LogP) is 2.06. The second kappa shape index (κ2) is 5.58. The van der Waals surface area contributed by atoms with Gasteiger partial charge in [0.15, 0.2) is 5.43 Å². The zero-order chi connectivity index (χ0) is 14.1. The lowest BCUT2D eigenvalue weighted by Gasteiger charge is -2.24. The summed E-state index contributed by atoms with van der Waals surface area (Å²) in [6.07, 6.45) is 3.86. The fourth-order valence-corrected chi connectivity index (χ4v) is 3.35. The van der Waals surface area contributed by atoms with E-state index in [1.54, 1.807) is 0 Å². The van der Waals surface area contributed by atoms with Gasteiger partial charge in [-0.1, -0.05) is 17.7 Å². The molecule has 0 atom stereocenters. The van der Waals surface area contributed by atoms with E-state index in [9.17, 15) is 4.79 Å². The molecule has 2 N–H and O–H groups in total. The number of aromatic nitrogens is 1. The lowest BCUT2D eigenvalue weighted by atomic mass is 10.1. The maximum absolute atomic E-state index is 12.7. The molecule has 1 aromatic carbocycles. The average molecular weight is 292 g/mol. The predicted molar refractivity (Wildman–Crippen MR) is 82.6 cm³/mol. The highest BCUT2D eigenvalue weighted by molar-refractivity contribution is 6.35. The van der Waals surface area contributed by atoms with E-state index in [1.165, 1.54) is 37.3 Å². The molecular weight excluding hydrogens is 272 g/mol. The van der Waals surface area contributed by atoms with E-state index in [0.29, 0.717) is 10.4 Å². The summed E-state index contributed by atoms with van der Waals surface area (Å²) < 4.78 is 0. The molecule has 1 aliphatic rings. The van der Waals surface area contributed by atoms with Crippen LogP contribution in [-0.4, -0.2) is 18.1 Å². The van der Waals surface area contributed by atoms with Crippen LogP contribution in [0.25, 0.3) is 10.9 Å². The highest BCUT2D eigenvalue weighted by atomic mass is 35.5. The number of aromatic amines is 1. The minimum Gasteiger partial charge on any atom is -0.357 e. The number of quaternary nitrogens is 1. The summed E-state index contributed by atoms with van der Waals surface area (Å²) in [7, 11) is 0. The smallest absolute Gasteiger partial charge is 0.198 e. The van der Waals surface area contributed by atoms with E-state index in [-0.39, 0.29) is 5.43 Å². The molecule has 1 aliphatic heterocycles. The molecule has 1 aromatic heterocycles. The second-order valence-electron chi connectivity index (χ2n) is 5.71. The number of hydrogen-bond acceptors (Lipinski definition) is 1. The van der Waals surface area contributed by atoms with Crippen molar-refractivity contribution >= 4 is 22.5 Å². The number of halogens is 1. The zero-order valence-electron chi connectivity index (χ0n) is 11.8. The van der Waals surface area contributed by atoms with Crippen LogP contribution in [-0.2, 0) is 6.54 Å². The molecule has 20 heavy (non-hydrogen) atoms. The number of para-hydroxylation sites is 1.